The van der Waals surface area contributed by atoms with E-state index in [0.717, 1.165) is 48.3 Å². The Kier molecular flexibility index (Phi) is 6.59. The van der Waals surface area contributed by atoms with Gasteiger partial charge in [-0.05, 0) is 49.9 Å². The van der Waals surface area contributed by atoms with Crippen LogP contribution in [0.3, 0.4) is 0 Å². The Bertz CT molecular complexity index is 1160. The highest BCUT2D eigenvalue weighted by Crippen LogP contribution is 2.36. The molecule has 3 aromatic rings. The molecule has 2 heterocycles. The number of carbonyl (C=O) groups is 1. The molecule has 1 N–H and O–H groups in total. The van der Waals surface area contributed by atoms with Crippen LogP contribution in [-0.2, 0) is 11.8 Å². The maximum absolute atomic E-state index is 12.7. The maximum Gasteiger partial charge on any atom is 0.224 e. The Hall–Kier alpha value is -3.86. The van der Waals surface area contributed by atoms with E-state index >= 15 is 0 Å². The molecule has 8 nitrogen and oxygen atoms in total. The van der Waals surface area contributed by atoms with E-state index < -0.39 is 0 Å². The van der Waals surface area contributed by atoms with Crippen molar-refractivity contribution in [3.63, 3.8) is 0 Å². The summed E-state index contributed by atoms with van der Waals surface area (Å²) in [6.07, 6.45) is 8.96. The lowest BCUT2D eigenvalue weighted by Crippen LogP contribution is -2.43. The van der Waals surface area contributed by atoms with Gasteiger partial charge < -0.3 is 15.0 Å². The number of hydrogen-bond donors (Lipinski definition) is 1. The number of hydrogen-bond acceptors (Lipinski definition) is 6. The van der Waals surface area contributed by atoms with Crippen LogP contribution in [0, 0.1) is 11.3 Å². The lowest BCUT2D eigenvalue weighted by molar-refractivity contribution is -0.117. The van der Waals surface area contributed by atoms with Crippen molar-refractivity contribution in [2.45, 2.75) is 44.7 Å². The van der Waals surface area contributed by atoms with Crippen molar-refractivity contribution < 1.29 is 9.53 Å². The zero-order valence-electron chi connectivity index (χ0n) is 19.2. The van der Waals surface area contributed by atoms with Crippen molar-refractivity contribution in [2.24, 2.45) is 7.05 Å². The van der Waals surface area contributed by atoms with E-state index in [1.165, 1.54) is 0 Å². The standard InChI is InChI=1S/C25H28N6O2/c1-17(32)31(22-9-10-23(24(12-22)33-3)19-15-28-30(2)16-19)21-7-5-20(6-8-21)29-25-11-4-18(13-26)14-27-25/h4,9-12,14-16,20-21H,5-8H2,1-3H3,(H,27,29)/t20-,21-. The van der Waals surface area contributed by atoms with Crippen LogP contribution < -0.4 is 15.0 Å². The lowest BCUT2D eigenvalue weighted by atomic mass is 9.89. The molecule has 1 amide bonds. The van der Waals surface area contributed by atoms with Gasteiger partial charge >= 0.3 is 0 Å². The van der Waals surface area contributed by atoms with Gasteiger partial charge in [0, 0.05) is 61.3 Å². The number of ether oxygens (including phenoxy) is 1. The topological polar surface area (TPSA) is 96.1 Å². The van der Waals surface area contributed by atoms with Crippen molar-refractivity contribution in [2.75, 3.05) is 17.3 Å². The number of nitriles is 1. The van der Waals surface area contributed by atoms with E-state index in [4.69, 9.17) is 10.00 Å². The van der Waals surface area contributed by atoms with Crippen LogP contribution in [0.25, 0.3) is 11.1 Å². The van der Waals surface area contributed by atoms with Crippen molar-refractivity contribution >= 4 is 17.4 Å². The van der Waals surface area contributed by atoms with Crippen molar-refractivity contribution in [3.05, 3.63) is 54.5 Å². The highest BCUT2D eigenvalue weighted by molar-refractivity contribution is 5.93. The fraction of sp³-hybridized carbons (Fsp3) is 0.360. The Morgan fingerprint density at radius 2 is 2.00 bits per heavy atom. The van der Waals surface area contributed by atoms with Crippen LogP contribution in [0.5, 0.6) is 5.75 Å². The predicted molar refractivity (Wildman–Crippen MR) is 127 cm³/mol. The van der Waals surface area contributed by atoms with Crippen LogP contribution in [0.1, 0.15) is 38.2 Å². The summed E-state index contributed by atoms with van der Waals surface area (Å²) >= 11 is 0. The number of nitrogens with one attached hydrogen (secondary N) is 1. The molecular formula is C25H28N6O2. The zero-order chi connectivity index (χ0) is 23.4. The number of pyridine rings is 1. The molecule has 2 aromatic heterocycles. The number of amides is 1. The first-order chi connectivity index (χ1) is 16.0. The average molecular weight is 445 g/mol. The summed E-state index contributed by atoms with van der Waals surface area (Å²) in [5.41, 5.74) is 3.31. The molecule has 0 radical (unpaired) electrons. The van der Waals surface area contributed by atoms with Gasteiger partial charge in [0.15, 0.2) is 0 Å². The Labute approximate surface area is 193 Å². The second kappa shape index (κ2) is 9.74. The monoisotopic (exact) mass is 444 g/mol. The second-order valence-corrected chi connectivity index (χ2v) is 8.37. The smallest absolute Gasteiger partial charge is 0.224 e. The SMILES string of the molecule is COc1cc(N(C(C)=O)[C@H]2CC[C@H](Nc3ccc(C#N)cn3)CC2)ccc1-c1cnn(C)c1. The minimum atomic E-state index is 0.0244. The first-order valence-electron chi connectivity index (χ1n) is 11.1. The van der Waals surface area contributed by atoms with Gasteiger partial charge in [-0.25, -0.2) is 4.98 Å². The molecule has 1 saturated carbocycles. The average Bonchev–Trinajstić information content (AvgIpc) is 3.26. The van der Waals surface area contributed by atoms with Gasteiger partial charge in [-0.15, -0.1) is 0 Å². The molecule has 4 rings (SSSR count). The first kappa shape index (κ1) is 22.3. The Balaban J connectivity index is 1.47. The number of benzene rings is 1. The summed E-state index contributed by atoms with van der Waals surface area (Å²) in [5, 5.41) is 16.6. The molecule has 0 bridgehead atoms. The van der Waals surface area contributed by atoms with Crippen molar-refractivity contribution in [1.82, 2.24) is 14.8 Å². The van der Waals surface area contributed by atoms with E-state index in [-0.39, 0.29) is 18.0 Å². The van der Waals surface area contributed by atoms with E-state index in [0.29, 0.717) is 11.3 Å². The summed E-state index contributed by atoms with van der Waals surface area (Å²) < 4.78 is 7.41. The van der Waals surface area contributed by atoms with Crippen molar-refractivity contribution in [3.8, 4) is 22.9 Å². The summed E-state index contributed by atoms with van der Waals surface area (Å²) in [6.45, 7) is 1.62. The highest BCUT2D eigenvalue weighted by atomic mass is 16.5. The van der Waals surface area contributed by atoms with Gasteiger partial charge in [-0.2, -0.15) is 10.4 Å². The van der Waals surface area contributed by atoms with Crippen LogP contribution in [0.4, 0.5) is 11.5 Å². The van der Waals surface area contributed by atoms with Gasteiger partial charge in [0.1, 0.15) is 17.6 Å². The number of rotatable bonds is 6. The molecule has 0 spiro atoms. The van der Waals surface area contributed by atoms with E-state index in [9.17, 15) is 4.79 Å². The third-order valence-electron chi connectivity index (χ3n) is 6.12. The van der Waals surface area contributed by atoms with E-state index in [1.54, 1.807) is 37.2 Å². The zero-order valence-corrected chi connectivity index (χ0v) is 19.2. The molecule has 170 valence electrons. The van der Waals surface area contributed by atoms with Crippen LogP contribution in [-0.4, -0.2) is 39.9 Å². The molecule has 0 unspecified atom stereocenters. The van der Waals surface area contributed by atoms with Crippen LogP contribution in [0.2, 0.25) is 0 Å². The predicted octanol–water partition coefficient (Wildman–Crippen LogP) is 4.14. The third kappa shape index (κ3) is 4.98. The highest BCUT2D eigenvalue weighted by Gasteiger charge is 2.29. The van der Waals surface area contributed by atoms with Crippen LogP contribution >= 0.6 is 0 Å². The minimum absolute atomic E-state index is 0.0244. The normalized spacial score (nSPS) is 17.8. The van der Waals surface area contributed by atoms with E-state index in [2.05, 4.69) is 21.5 Å². The van der Waals surface area contributed by atoms with Gasteiger partial charge in [0.25, 0.3) is 0 Å². The number of aromatic nitrogens is 3. The van der Waals surface area contributed by atoms with Crippen LogP contribution in [0.15, 0.2) is 48.9 Å². The quantitative estimate of drug-likeness (QED) is 0.614. The fourth-order valence-electron chi connectivity index (χ4n) is 4.51. The maximum atomic E-state index is 12.7. The Morgan fingerprint density at radius 3 is 2.58 bits per heavy atom. The number of nitrogens with zero attached hydrogens (tertiary/aromatic N) is 5. The molecule has 0 atom stereocenters. The molecular weight excluding hydrogens is 416 g/mol. The van der Waals surface area contributed by atoms with Gasteiger partial charge in [0.05, 0.1) is 18.9 Å². The molecule has 1 aliphatic rings. The number of carbonyl (C=O) groups excluding carboxylic acids is 1. The summed E-state index contributed by atoms with van der Waals surface area (Å²) in [6, 6.07) is 12.0. The Morgan fingerprint density at radius 1 is 1.21 bits per heavy atom. The molecule has 33 heavy (non-hydrogen) atoms. The van der Waals surface area contributed by atoms with Gasteiger partial charge in [0.2, 0.25) is 5.91 Å². The van der Waals surface area contributed by atoms with Gasteiger partial charge in [-0.3, -0.25) is 9.48 Å². The van der Waals surface area contributed by atoms with Crippen molar-refractivity contribution in [1.29, 1.82) is 5.26 Å². The fourth-order valence-corrected chi connectivity index (χ4v) is 4.51. The third-order valence-corrected chi connectivity index (χ3v) is 6.12. The summed E-state index contributed by atoms with van der Waals surface area (Å²) in [7, 11) is 3.52. The first-order valence-corrected chi connectivity index (χ1v) is 11.1. The van der Waals surface area contributed by atoms with Gasteiger partial charge in [-0.1, -0.05) is 0 Å². The number of methoxy groups -OCH3 is 1. The molecule has 1 aromatic carbocycles. The number of anilines is 2. The van der Waals surface area contributed by atoms with E-state index in [1.807, 2.05) is 42.4 Å². The number of aryl methyl sites for hydroxylation is 1. The molecule has 1 fully saturated rings. The molecule has 0 aliphatic heterocycles. The largest absolute Gasteiger partial charge is 0.496 e. The molecule has 8 heteroatoms. The lowest BCUT2D eigenvalue weighted by Gasteiger charge is -2.37. The molecule has 0 saturated heterocycles. The molecule has 1 aliphatic carbocycles. The summed E-state index contributed by atoms with van der Waals surface area (Å²) in [5.74, 6) is 1.52. The second-order valence-electron chi connectivity index (χ2n) is 8.37. The minimum Gasteiger partial charge on any atom is -0.496 e. The summed E-state index contributed by atoms with van der Waals surface area (Å²) in [4.78, 5) is 18.9.